The SMILES string of the molecule is CCC(CC)(CO)Nc1nc(C)cc(C)n1. The normalized spacial score (nSPS) is 11.6. The molecule has 0 aliphatic heterocycles. The molecule has 0 bridgehead atoms. The third kappa shape index (κ3) is 2.92. The number of aromatic nitrogens is 2. The van der Waals surface area contributed by atoms with E-state index in [1.807, 2.05) is 19.9 Å². The molecular weight excluding hydrogens is 202 g/mol. The van der Waals surface area contributed by atoms with Gasteiger partial charge in [-0.1, -0.05) is 13.8 Å². The van der Waals surface area contributed by atoms with Crippen molar-refractivity contribution in [1.82, 2.24) is 9.97 Å². The average Bonchev–Trinajstić information content (AvgIpc) is 2.25. The van der Waals surface area contributed by atoms with Gasteiger partial charge in [-0.15, -0.1) is 0 Å². The Morgan fingerprint density at radius 1 is 1.19 bits per heavy atom. The lowest BCUT2D eigenvalue weighted by atomic mass is 9.94. The van der Waals surface area contributed by atoms with Gasteiger partial charge in [-0.2, -0.15) is 0 Å². The Bertz CT molecular complexity index is 320. The van der Waals surface area contributed by atoms with Crippen molar-refractivity contribution in [2.75, 3.05) is 11.9 Å². The molecule has 90 valence electrons. The van der Waals surface area contributed by atoms with Crippen molar-refractivity contribution in [2.45, 2.75) is 46.1 Å². The lowest BCUT2D eigenvalue weighted by Crippen LogP contribution is -2.41. The van der Waals surface area contributed by atoms with E-state index in [9.17, 15) is 5.11 Å². The van der Waals surface area contributed by atoms with E-state index in [0.717, 1.165) is 24.2 Å². The maximum atomic E-state index is 9.46. The molecule has 1 rings (SSSR count). The molecule has 0 amide bonds. The summed E-state index contributed by atoms with van der Waals surface area (Å²) in [5.41, 5.74) is 1.57. The predicted molar refractivity (Wildman–Crippen MR) is 65.5 cm³/mol. The summed E-state index contributed by atoms with van der Waals surface area (Å²) in [6.07, 6.45) is 1.69. The molecule has 4 nitrogen and oxygen atoms in total. The van der Waals surface area contributed by atoms with E-state index >= 15 is 0 Å². The molecule has 1 heterocycles. The van der Waals surface area contributed by atoms with Gasteiger partial charge in [0.15, 0.2) is 0 Å². The zero-order valence-corrected chi connectivity index (χ0v) is 10.5. The first-order chi connectivity index (χ1) is 7.55. The number of rotatable bonds is 5. The van der Waals surface area contributed by atoms with E-state index in [1.54, 1.807) is 0 Å². The third-order valence-corrected chi connectivity index (χ3v) is 3.02. The Morgan fingerprint density at radius 2 is 1.69 bits per heavy atom. The summed E-state index contributed by atoms with van der Waals surface area (Å²) in [6, 6.07) is 1.93. The van der Waals surface area contributed by atoms with Crippen molar-refractivity contribution in [2.24, 2.45) is 0 Å². The Balaban J connectivity index is 2.93. The Kier molecular flexibility index (Phi) is 4.24. The molecule has 0 saturated carbocycles. The lowest BCUT2D eigenvalue weighted by Gasteiger charge is -2.30. The summed E-state index contributed by atoms with van der Waals surface area (Å²) in [4.78, 5) is 8.66. The van der Waals surface area contributed by atoms with Crippen LogP contribution in [-0.4, -0.2) is 27.2 Å². The molecule has 16 heavy (non-hydrogen) atoms. The second-order valence-electron chi connectivity index (χ2n) is 4.24. The van der Waals surface area contributed by atoms with Crippen LogP contribution in [-0.2, 0) is 0 Å². The van der Waals surface area contributed by atoms with Gasteiger partial charge in [-0.3, -0.25) is 0 Å². The largest absolute Gasteiger partial charge is 0.394 e. The number of hydrogen-bond acceptors (Lipinski definition) is 4. The number of aliphatic hydroxyl groups excluding tert-OH is 1. The van der Waals surface area contributed by atoms with Crippen molar-refractivity contribution in [3.63, 3.8) is 0 Å². The van der Waals surface area contributed by atoms with Crippen LogP contribution in [0.5, 0.6) is 0 Å². The fourth-order valence-electron chi connectivity index (χ4n) is 1.71. The van der Waals surface area contributed by atoms with Crippen molar-refractivity contribution in [3.05, 3.63) is 17.5 Å². The quantitative estimate of drug-likeness (QED) is 0.802. The van der Waals surface area contributed by atoms with E-state index in [0.29, 0.717) is 5.95 Å². The molecular formula is C12H21N3O. The molecule has 1 aromatic heterocycles. The zero-order valence-electron chi connectivity index (χ0n) is 10.5. The van der Waals surface area contributed by atoms with Crippen LogP contribution in [0.2, 0.25) is 0 Å². The summed E-state index contributed by atoms with van der Waals surface area (Å²) in [7, 11) is 0. The van der Waals surface area contributed by atoms with Gasteiger partial charge in [-0.25, -0.2) is 9.97 Å². The minimum absolute atomic E-state index is 0.0936. The second kappa shape index (κ2) is 5.25. The monoisotopic (exact) mass is 223 g/mol. The highest BCUT2D eigenvalue weighted by atomic mass is 16.3. The minimum atomic E-state index is -0.305. The Labute approximate surface area is 97.1 Å². The molecule has 0 atom stereocenters. The first kappa shape index (κ1) is 12.9. The summed E-state index contributed by atoms with van der Waals surface area (Å²) >= 11 is 0. The topological polar surface area (TPSA) is 58.0 Å². The van der Waals surface area contributed by atoms with Crippen LogP contribution in [0.1, 0.15) is 38.1 Å². The summed E-state index contributed by atoms with van der Waals surface area (Å²) in [6.45, 7) is 8.08. The molecule has 0 fully saturated rings. The Hall–Kier alpha value is -1.16. The van der Waals surface area contributed by atoms with E-state index in [1.165, 1.54) is 0 Å². The summed E-state index contributed by atoms with van der Waals surface area (Å²) in [5, 5.41) is 12.7. The summed E-state index contributed by atoms with van der Waals surface area (Å²) < 4.78 is 0. The maximum Gasteiger partial charge on any atom is 0.223 e. The van der Waals surface area contributed by atoms with Crippen molar-refractivity contribution in [3.8, 4) is 0 Å². The first-order valence-electron chi connectivity index (χ1n) is 5.76. The molecule has 0 aliphatic carbocycles. The fourth-order valence-corrected chi connectivity index (χ4v) is 1.71. The summed E-state index contributed by atoms with van der Waals surface area (Å²) in [5.74, 6) is 0.607. The molecule has 0 unspecified atom stereocenters. The Morgan fingerprint density at radius 3 is 2.06 bits per heavy atom. The fraction of sp³-hybridized carbons (Fsp3) is 0.667. The van der Waals surface area contributed by atoms with Crippen LogP contribution >= 0.6 is 0 Å². The first-order valence-corrected chi connectivity index (χ1v) is 5.76. The van der Waals surface area contributed by atoms with Gasteiger partial charge >= 0.3 is 0 Å². The number of nitrogens with one attached hydrogen (secondary N) is 1. The average molecular weight is 223 g/mol. The van der Waals surface area contributed by atoms with Crippen LogP contribution < -0.4 is 5.32 Å². The van der Waals surface area contributed by atoms with Gasteiger partial charge in [-0.05, 0) is 32.8 Å². The van der Waals surface area contributed by atoms with E-state index in [2.05, 4.69) is 29.1 Å². The van der Waals surface area contributed by atoms with Gasteiger partial charge in [0.2, 0.25) is 5.95 Å². The highest BCUT2D eigenvalue weighted by molar-refractivity contribution is 5.31. The zero-order chi connectivity index (χ0) is 12.2. The van der Waals surface area contributed by atoms with Crippen LogP contribution in [0.4, 0.5) is 5.95 Å². The third-order valence-electron chi connectivity index (χ3n) is 3.02. The van der Waals surface area contributed by atoms with Gasteiger partial charge in [0, 0.05) is 11.4 Å². The molecule has 2 N–H and O–H groups in total. The molecule has 1 aromatic rings. The van der Waals surface area contributed by atoms with Crippen LogP contribution in [0, 0.1) is 13.8 Å². The molecule has 0 aliphatic rings. The standard InChI is InChI=1S/C12H21N3O/c1-5-12(6-2,8-16)15-11-13-9(3)7-10(4)14-11/h7,16H,5-6,8H2,1-4H3,(H,13,14,15). The van der Waals surface area contributed by atoms with Gasteiger partial charge in [0.1, 0.15) is 0 Å². The van der Waals surface area contributed by atoms with Gasteiger partial charge in [0.25, 0.3) is 0 Å². The molecule has 4 heteroatoms. The molecule has 0 spiro atoms. The van der Waals surface area contributed by atoms with E-state index < -0.39 is 0 Å². The smallest absolute Gasteiger partial charge is 0.223 e. The highest BCUT2D eigenvalue weighted by Gasteiger charge is 2.25. The van der Waals surface area contributed by atoms with Crippen molar-refractivity contribution < 1.29 is 5.11 Å². The molecule has 0 saturated heterocycles. The van der Waals surface area contributed by atoms with Crippen molar-refractivity contribution >= 4 is 5.95 Å². The number of aryl methyl sites for hydroxylation is 2. The van der Waals surface area contributed by atoms with E-state index in [4.69, 9.17) is 0 Å². The van der Waals surface area contributed by atoms with Gasteiger partial charge < -0.3 is 10.4 Å². The minimum Gasteiger partial charge on any atom is -0.394 e. The highest BCUT2D eigenvalue weighted by Crippen LogP contribution is 2.19. The van der Waals surface area contributed by atoms with Gasteiger partial charge in [0.05, 0.1) is 12.1 Å². The van der Waals surface area contributed by atoms with Crippen molar-refractivity contribution in [1.29, 1.82) is 0 Å². The second-order valence-corrected chi connectivity index (χ2v) is 4.24. The molecule has 0 aromatic carbocycles. The lowest BCUT2D eigenvalue weighted by molar-refractivity contribution is 0.201. The number of aliphatic hydroxyl groups is 1. The number of nitrogens with zero attached hydrogens (tertiary/aromatic N) is 2. The number of hydrogen-bond donors (Lipinski definition) is 2. The van der Waals surface area contributed by atoms with Crippen LogP contribution in [0.15, 0.2) is 6.07 Å². The molecule has 0 radical (unpaired) electrons. The van der Waals surface area contributed by atoms with Crippen LogP contribution in [0.25, 0.3) is 0 Å². The predicted octanol–water partition coefficient (Wildman–Crippen LogP) is 2.06. The van der Waals surface area contributed by atoms with E-state index in [-0.39, 0.29) is 12.1 Å². The number of anilines is 1. The maximum absolute atomic E-state index is 9.46. The van der Waals surface area contributed by atoms with Crippen LogP contribution in [0.3, 0.4) is 0 Å².